The van der Waals surface area contributed by atoms with E-state index in [0.29, 0.717) is 12.8 Å². The van der Waals surface area contributed by atoms with E-state index in [1.54, 1.807) is 6.08 Å². The molecule has 0 spiro atoms. The minimum absolute atomic E-state index is 0.0442. The van der Waals surface area contributed by atoms with Gasteiger partial charge >= 0.3 is 0 Å². The summed E-state index contributed by atoms with van der Waals surface area (Å²) in [5, 5.41) is 31.7. The van der Waals surface area contributed by atoms with E-state index in [1.165, 1.54) is 0 Å². The van der Waals surface area contributed by atoms with Gasteiger partial charge in [0.2, 0.25) is 0 Å². The molecule has 0 radical (unpaired) electrons. The van der Waals surface area contributed by atoms with Crippen molar-refractivity contribution in [1.82, 2.24) is 0 Å². The van der Waals surface area contributed by atoms with Crippen LogP contribution in [0.15, 0.2) is 34.9 Å². The van der Waals surface area contributed by atoms with E-state index in [-0.39, 0.29) is 46.4 Å². The third-order valence-electron chi connectivity index (χ3n) is 9.81. The van der Waals surface area contributed by atoms with Gasteiger partial charge in [0.05, 0.1) is 17.8 Å². The first-order chi connectivity index (χ1) is 14.8. The third-order valence-corrected chi connectivity index (χ3v) is 9.81. The van der Waals surface area contributed by atoms with Crippen LogP contribution in [0.5, 0.6) is 0 Å². The summed E-state index contributed by atoms with van der Waals surface area (Å²) in [6, 6.07) is 0. The number of allylic oxidation sites excluding steroid dienone is 3. The number of rotatable bonds is 4. The summed E-state index contributed by atoms with van der Waals surface area (Å²) in [6.45, 7) is 12.4. The number of hydrogen-bond acceptors (Lipinski definition) is 4. The van der Waals surface area contributed by atoms with Crippen LogP contribution in [0, 0.1) is 34.5 Å². The fourth-order valence-corrected chi connectivity index (χ4v) is 7.30. The maximum Gasteiger partial charge on any atom is 0.182 e. The van der Waals surface area contributed by atoms with Gasteiger partial charge in [-0.15, -0.1) is 0 Å². The van der Waals surface area contributed by atoms with E-state index in [9.17, 15) is 20.1 Å². The predicted molar refractivity (Wildman–Crippen MR) is 127 cm³/mol. The SMILES string of the molecule is C[C@H](/C=C/[C@H](C)C(C)(C)O)[C@H]1C[C@H](O)C2=C3C(=O)C=C4C[C@@H](O)CC[C@]4(C)C3CC[C@@]21C. The van der Waals surface area contributed by atoms with Crippen LogP contribution < -0.4 is 0 Å². The normalized spacial score (nSPS) is 41.8. The standard InChI is InChI=1S/C28H42O4/c1-16(7-8-17(2)26(3,4)32)21-15-23(31)25-24-20(10-12-28(21,25)6)27(5)11-9-19(29)13-18(27)14-22(24)30/h7-8,14,16-17,19-21,23,29,31-32H,9-13,15H2,1-6H3/b8-7+/t16-,17+,19+,20?,21-,23+,27+,28-/m1/s1. The van der Waals surface area contributed by atoms with Gasteiger partial charge in [0, 0.05) is 11.5 Å². The minimum atomic E-state index is -0.762. The van der Waals surface area contributed by atoms with Crippen LogP contribution in [0.3, 0.4) is 0 Å². The van der Waals surface area contributed by atoms with E-state index in [2.05, 4.69) is 32.9 Å². The molecule has 0 aliphatic heterocycles. The second kappa shape index (κ2) is 7.92. The van der Waals surface area contributed by atoms with Gasteiger partial charge in [-0.3, -0.25) is 4.79 Å². The van der Waals surface area contributed by atoms with Crippen LogP contribution >= 0.6 is 0 Å². The van der Waals surface area contributed by atoms with Crippen LogP contribution in [0.4, 0.5) is 0 Å². The molecule has 8 atom stereocenters. The second-order valence-corrected chi connectivity index (χ2v) is 12.2. The molecule has 2 fully saturated rings. The third kappa shape index (κ3) is 3.67. The number of carbonyl (C=O) groups excluding carboxylic acids is 1. The Morgan fingerprint density at radius 3 is 2.41 bits per heavy atom. The Kier molecular flexibility index (Phi) is 5.92. The van der Waals surface area contributed by atoms with E-state index >= 15 is 0 Å². The lowest BCUT2D eigenvalue weighted by Gasteiger charge is -2.52. The molecule has 178 valence electrons. The van der Waals surface area contributed by atoms with Gasteiger partial charge in [-0.05, 0) is 92.6 Å². The molecule has 4 rings (SSSR count). The fourth-order valence-electron chi connectivity index (χ4n) is 7.30. The first kappa shape index (κ1) is 23.9. The maximum absolute atomic E-state index is 13.4. The molecule has 1 unspecified atom stereocenters. The van der Waals surface area contributed by atoms with Crippen molar-refractivity contribution in [3.05, 3.63) is 34.9 Å². The first-order valence-corrected chi connectivity index (χ1v) is 12.6. The zero-order valence-corrected chi connectivity index (χ0v) is 20.7. The Morgan fingerprint density at radius 1 is 1.09 bits per heavy atom. The van der Waals surface area contributed by atoms with Crippen LogP contribution in [-0.2, 0) is 4.79 Å². The summed E-state index contributed by atoms with van der Waals surface area (Å²) < 4.78 is 0. The maximum atomic E-state index is 13.4. The lowest BCUT2D eigenvalue weighted by atomic mass is 9.51. The molecule has 0 heterocycles. The predicted octanol–water partition coefficient (Wildman–Crippen LogP) is 4.74. The molecule has 0 aromatic heterocycles. The summed E-state index contributed by atoms with van der Waals surface area (Å²) in [6.07, 6.45) is 10.1. The quantitative estimate of drug-likeness (QED) is 0.550. The first-order valence-electron chi connectivity index (χ1n) is 12.6. The lowest BCUT2D eigenvalue weighted by Crippen LogP contribution is -2.46. The average molecular weight is 443 g/mol. The Bertz CT molecular complexity index is 874. The summed E-state index contributed by atoms with van der Waals surface area (Å²) >= 11 is 0. The molecular formula is C28H42O4. The fraction of sp³-hybridized carbons (Fsp3) is 0.750. The molecule has 2 saturated carbocycles. The molecule has 4 aliphatic carbocycles. The van der Waals surface area contributed by atoms with Gasteiger partial charge in [-0.2, -0.15) is 0 Å². The molecule has 0 bridgehead atoms. The van der Waals surface area contributed by atoms with Gasteiger partial charge in [0.1, 0.15) is 0 Å². The van der Waals surface area contributed by atoms with E-state index in [0.717, 1.165) is 42.4 Å². The summed E-state index contributed by atoms with van der Waals surface area (Å²) in [4.78, 5) is 13.4. The number of hydrogen-bond donors (Lipinski definition) is 3. The van der Waals surface area contributed by atoms with E-state index < -0.39 is 11.7 Å². The zero-order chi connectivity index (χ0) is 23.6. The van der Waals surface area contributed by atoms with Crippen LogP contribution in [-0.4, -0.2) is 38.9 Å². The van der Waals surface area contributed by atoms with Gasteiger partial charge in [-0.1, -0.05) is 45.4 Å². The second-order valence-electron chi connectivity index (χ2n) is 12.2. The number of aliphatic hydroxyl groups excluding tert-OH is 2. The molecule has 4 nitrogen and oxygen atoms in total. The number of fused-ring (bicyclic) bond motifs is 4. The molecule has 4 aliphatic rings. The molecule has 4 heteroatoms. The summed E-state index contributed by atoms with van der Waals surface area (Å²) in [7, 11) is 0. The van der Waals surface area contributed by atoms with Crippen molar-refractivity contribution < 1.29 is 20.1 Å². The van der Waals surface area contributed by atoms with E-state index in [1.807, 2.05) is 20.8 Å². The molecule has 3 N–H and O–H groups in total. The summed E-state index contributed by atoms with van der Waals surface area (Å²) in [5.74, 6) is 0.781. The van der Waals surface area contributed by atoms with Crippen molar-refractivity contribution in [2.45, 2.75) is 97.9 Å². The number of ketones is 1. The highest BCUT2D eigenvalue weighted by molar-refractivity contribution is 6.07. The lowest BCUT2D eigenvalue weighted by molar-refractivity contribution is -0.113. The van der Waals surface area contributed by atoms with Crippen molar-refractivity contribution in [1.29, 1.82) is 0 Å². The highest BCUT2D eigenvalue weighted by Crippen LogP contribution is 2.64. The minimum Gasteiger partial charge on any atom is -0.393 e. The summed E-state index contributed by atoms with van der Waals surface area (Å²) in [5.41, 5.74) is 1.97. The Hall–Kier alpha value is -1.23. The highest BCUT2D eigenvalue weighted by Gasteiger charge is 2.58. The molecule has 0 amide bonds. The Balaban J connectivity index is 1.70. The van der Waals surface area contributed by atoms with E-state index in [4.69, 9.17) is 0 Å². The number of aliphatic hydroxyl groups is 3. The van der Waals surface area contributed by atoms with Gasteiger partial charge in [0.15, 0.2) is 5.78 Å². The molecule has 0 saturated heterocycles. The van der Waals surface area contributed by atoms with Crippen molar-refractivity contribution in [2.75, 3.05) is 0 Å². The Morgan fingerprint density at radius 2 is 1.75 bits per heavy atom. The number of carbonyl (C=O) groups is 1. The molecule has 32 heavy (non-hydrogen) atoms. The molecular weight excluding hydrogens is 400 g/mol. The topological polar surface area (TPSA) is 77.8 Å². The van der Waals surface area contributed by atoms with Crippen molar-refractivity contribution in [3.63, 3.8) is 0 Å². The highest BCUT2D eigenvalue weighted by atomic mass is 16.3. The largest absolute Gasteiger partial charge is 0.393 e. The van der Waals surface area contributed by atoms with Gasteiger partial charge in [-0.25, -0.2) is 0 Å². The van der Waals surface area contributed by atoms with Crippen LogP contribution in [0.2, 0.25) is 0 Å². The van der Waals surface area contributed by atoms with Crippen molar-refractivity contribution in [3.8, 4) is 0 Å². The molecule has 0 aromatic rings. The van der Waals surface area contributed by atoms with Gasteiger partial charge < -0.3 is 15.3 Å². The van der Waals surface area contributed by atoms with Crippen LogP contribution in [0.1, 0.15) is 80.1 Å². The van der Waals surface area contributed by atoms with Crippen LogP contribution in [0.25, 0.3) is 0 Å². The van der Waals surface area contributed by atoms with Crippen molar-refractivity contribution >= 4 is 5.78 Å². The Labute approximate surface area is 193 Å². The zero-order valence-electron chi connectivity index (χ0n) is 20.7. The van der Waals surface area contributed by atoms with Gasteiger partial charge in [0.25, 0.3) is 0 Å². The van der Waals surface area contributed by atoms with Crippen molar-refractivity contribution in [2.24, 2.45) is 34.5 Å². The molecule has 0 aromatic carbocycles. The average Bonchev–Trinajstić information content (AvgIpc) is 2.97. The monoisotopic (exact) mass is 442 g/mol. The smallest absolute Gasteiger partial charge is 0.182 e.